The minimum absolute atomic E-state index is 0. The number of benzene rings is 1. The van der Waals surface area contributed by atoms with Gasteiger partial charge in [0.1, 0.15) is 0 Å². The van der Waals surface area contributed by atoms with Crippen molar-refractivity contribution in [1.82, 2.24) is 15.6 Å². The zero-order valence-electron chi connectivity index (χ0n) is 11.7. The van der Waals surface area contributed by atoms with Crippen LogP contribution in [0.1, 0.15) is 11.3 Å². The van der Waals surface area contributed by atoms with Crippen molar-refractivity contribution < 1.29 is 0 Å². The summed E-state index contributed by atoms with van der Waals surface area (Å²) in [5, 5.41) is 6.51. The second kappa shape index (κ2) is 9.73. The molecule has 0 bridgehead atoms. The molecule has 2 N–H and O–H groups in total. The molecule has 0 saturated carbocycles. The highest BCUT2D eigenvalue weighted by atomic mass is 127. The SMILES string of the molecule is CN=C(NCc1cccc(Br)c1)NCc1ccccn1.I. The molecule has 0 atom stereocenters. The first-order valence-electron chi connectivity index (χ1n) is 6.37. The molecular formula is C15H18BrIN4. The third kappa shape index (κ3) is 6.43. The summed E-state index contributed by atoms with van der Waals surface area (Å²) in [6, 6.07) is 14.0. The maximum absolute atomic E-state index is 4.26. The highest BCUT2D eigenvalue weighted by molar-refractivity contribution is 14.0. The number of hydrogen-bond acceptors (Lipinski definition) is 2. The van der Waals surface area contributed by atoms with Gasteiger partial charge in [0.05, 0.1) is 12.2 Å². The van der Waals surface area contributed by atoms with Gasteiger partial charge in [-0.15, -0.1) is 24.0 Å². The number of nitrogens with one attached hydrogen (secondary N) is 2. The van der Waals surface area contributed by atoms with Crippen LogP contribution in [0.5, 0.6) is 0 Å². The molecule has 4 nitrogen and oxygen atoms in total. The van der Waals surface area contributed by atoms with Crippen molar-refractivity contribution in [2.75, 3.05) is 7.05 Å². The lowest BCUT2D eigenvalue weighted by Gasteiger charge is -2.11. The average Bonchev–Trinajstić information content (AvgIpc) is 2.48. The van der Waals surface area contributed by atoms with Crippen molar-refractivity contribution in [3.05, 3.63) is 64.4 Å². The van der Waals surface area contributed by atoms with Crippen molar-refractivity contribution in [3.8, 4) is 0 Å². The zero-order chi connectivity index (χ0) is 14.2. The molecule has 0 amide bonds. The fourth-order valence-corrected chi connectivity index (χ4v) is 2.18. The van der Waals surface area contributed by atoms with Gasteiger partial charge in [0.15, 0.2) is 5.96 Å². The van der Waals surface area contributed by atoms with Crippen LogP contribution in [-0.4, -0.2) is 18.0 Å². The molecule has 2 rings (SSSR count). The maximum atomic E-state index is 4.26. The summed E-state index contributed by atoms with van der Waals surface area (Å²) >= 11 is 3.47. The van der Waals surface area contributed by atoms with Crippen molar-refractivity contribution in [2.45, 2.75) is 13.1 Å². The molecule has 0 fully saturated rings. The second-order valence-electron chi connectivity index (χ2n) is 4.23. The summed E-state index contributed by atoms with van der Waals surface area (Å²) in [4.78, 5) is 8.46. The largest absolute Gasteiger partial charge is 0.352 e. The van der Waals surface area contributed by atoms with E-state index >= 15 is 0 Å². The molecule has 0 saturated heterocycles. The van der Waals surface area contributed by atoms with E-state index in [1.807, 2.05) is 30.3 Å². The molecule has 21 heavy (non-hydrogen) atoms. The van der Waals surface area contributed by atoms with Crippen LogP contribution < -0.4 is 10.6 Å². The van der Waals surface area contributed by atoms with Gasteiger partial charge in [-0.3, -0.25) is 9.98 Å². The summed E-state index contributed by atoms with van der Waals surface area (Å²) in [6.45, 7) is 1.38. The smallest absolute Gasteiger partial charge is 0.191 e. The molecule has 1 aromatic carbocycles. The Morgan fingerprint density at radius 3 is 2.62 bits per heavy atom. The molecule has 2 aromatic rings. The van der Waals surface area contributed by atoms with Crippen LogP contribution in [0.25, 0.3) is 0 Å². The predicted octanol–water partition coefficient (Wildman–Crippen LogP) is 3.33. The van der Waals surface area contributed by atoms with Gasteiger partial charge in [0.25, 0.3) is 0 Å². The highest BCUT2D eigenvalue weighted by Gasteiger charge is 1.99. The standard InChI is InChI=1S/C15H17BrN4.HI/c1-17-15(20-11-14-7-2-3-8-18-14)19-10-12-5-4-6-13(16)9-12;/h2-9H,10-11H2,1H3,(H2,17,19,20);1H. The molecule has 0 radical (unpaired) electrons. The van der Waals surface area contributed by atoms with Crippen molar-refractivity contribution in [1.29, 1.82) is 0 Å². The molecule has 0 aliphatic rings. The number of rotatable bonds is 4. The molecule has 1 aromatic heterocycles. The van der Waals surface area contributed by atoms with Crippen LogP contribution >= 0.6 is 39.9 Å². The van der Waals surface area contributed by atoms with E-state index in [9.17, 15) is 0 Å². The van der Waals surface area contributed by atoms with E-state index < -0.39 is 0 Å². The Balaban J connectivity index is 0.00000220. The maximum Gasteiger partial charge on any atom is 0.191 e. The van der Waals surface area contributed by atoms with E-state index in [2.05, 4.69) is 48.7 Å². The van der Waals surface area contributed by atoms with Crippen LogP contribution in [0.3, 0.4) is 0 Å². The minimum atomic E-state index is 0. The Bertz CT molecular complexity index is 575. The van der Waals surface area contributed by atoms with Crippen LogP contribution in [0.2, 0.25) is 0 Å². The lowest BCUT2D eigenvalue weighted by Crippen LogP contribution is -2.36. The van der Waals surface area contributed by atoms with E-state index in [1.54, 1.807) is 13.2 Å². The number of hydrogen-bond donors (Lipinski definition) is 2. The molecule has 0 aliphatic carbocycles. The number of halogens is 2. The highest BCUT2D eigenvalue weighted by Crippen LogP contribution is 2.11. The predicted molar refractivity (Wildman–Crippen MR) is 101 cm³/mol. The zero-order valence-corrected chi connectivity index (χ0v) is 15.6. The van der Waals surface area contributed by atoms with Gasteiger partial charge in [0.2, 0.25) is 0 Å². The van der Waals surface area contributed by atoms with Gasteiger partial charge < -0.3 is 10.6 Å². The fourth-order valence-electron chi connectivity index (χ4n) is 1.73. The molecule has 6 heteroatoms. The first-order chi connectivity index (χ1) is 9.78. The minimum Gasteiger partial charge on any atom is -0.352 e. The average molecular weight is 461 g/mol. The van der Waals surface area contributed by atoms with Gasteiger partial charge in [-0.25, -0.2) is 0 Å². The molecule has 0 unspecified atom stereocenters. The molecule has 0 aliphatic heterocycles. The van der Waals surface area contributed by atoms with Crippen LogP contribution in [-0.2, 0) is 13.1 Å². The summed E-state index contributed by atoms with van der Waals surface area (Å²) in [7, 11) is 1.76. The number of nitrogens with zero attached hydrogens (tertiary/aromatic N) is 2. The third-order valence-corrected chi connectivity index (χ3v) is 3.23. The lowest BCUT2D eigenvalue weighted by atomic mass is 10.2. The molecule has 1 heterocycles. The van der Waals surface area contributed by atoms with Gasteiger partial charge >= 0.3 is 0 Å². The van der Waals surface area contributed by atoms with E-state index in [1.165, 1.54) is 5.56 Å². The normalized spacial score (nSPS) is 10.7. The van der Waals surface area contributed by atoms with Crippen molar-refractivity contribution in [2.24, 2.45) is 4.99 Å². The summed E-state index contributed by atoms with van der Waals surface area (Å²) in [5.41, 5.74) is 2.18. The second-order valence-corrected chi connectivity index (χ2v) is 5.15. The summed E-state index contributed by atoms with van der Waals surface area (Å²) in [5.74, 6) is 0.760. The van der Waals surface area contributed by atoms with Crippen LogP contribution in [0.4, 0.5) is 0 Å². The fraction of sp³-hybridized carbons (Fsp3) is 0.200. The quantitative estimate of drug-likeness (QED) is 0.418. The number of pyridine rings is 1. The first kappa shape index (κ1) is 17.9. The van der Waals surface area contributed by atoms with E-state index in [4.69, 9.17) is 0 Å². The van der Waals surface area contributed by atoms with Crippen LogP contribution in [0.15, 0.2) is 58.1 Å². The molecular weight excluding hydrogens is 443 g/mol. The molecule has 0 spiro atoms. The first-order valence-corrected chi connectivity index (χ1v) is 7.16. The number of aliphatic imine (C=N–C) groups is 1. The van der Waals surface area contributed by atoms with Crippen LogP contribution in [0, 0.1) is 0 Å². The van der Waals surface area contributed by atoms with Gasteiger partial charge in [-0.1, -0.05) is 34.1 Å². The number of guanidine groups is 1. The van der Waals surface area contributed by atoms with Crippen molar-refractivity contribution >= 4 is 45.9 Å². The molecule has 112 valence electrons. The van der Waals surface area contributed by atoms with Gasteiger partial charge in [-0.05, 0) is 29.8 Å². The van der Waals surface area contributed by atoms with E-state index in [-0.39, 0.29) is 24.0 Å². The van der Waals surface area contributed by atoms with Gasteiger partial charge in [-0.2, -0.15) is 0 Å². The lowest BCUT2D eigenvalue weighted by molar-refractivity contribution is 0.794. The third-order valence-electron chi connectivity index (χ3n) is 2.74. The van der Waals surface area contributed by atoms with E-state index in [0.717, 1.165) is 22.7 Å². The summed E-state index contributed by atoms with van der Waals surface area (Å²) in [6.07, 6.45) is 1.79. The Hall–Kier alpha value is -1.15. The Morgan fingerprint density at radius 1 is 1.14 bits per heavy atom. The Labute approximate surface area is 150 Å². The number of aromatic nitrogens is 1. The topological polar surface area (TPSA) is 49.3 Å². The Kier molecular flexibility index (Phi) is 8.29. The van der Waals surface area contributed by atoms with Crippen molar-refractivity contribution in [3.63, 3.8) is 0 Å². The Morgan fingerprint density at radius 2 is 1.95 bits per heavy atom. The monoisotopic (exact) mass is 460 g/mol. The van der Waals surface area contributed by atoms with E-state index in [0.29, 0.717) is 6.54 Å². The van der Waals surface area contributed by atoms with Gasteiger partial charge in [0, 0.05) is 24.3 Å². The summed E-state index contributed by atoms with van der Waals surface area (Å²) < 4.78 is 1.08.